The van der Waals surface area contributed by atoms with Crippen molar-refractivity contribution in [3.63, 3.8) is 0 Å². The van der Waals surface area contributed by atoms with Gasteiger partial charge in [-0.05, 0) is 109 Å². The number of carbonyl (C=O) groups is 10. The number of nitrogens with zero attached hydrogens (tertiary/aromatic N) is 4. The maximum absolute atomic E-state index is 13.8. The molecule has 0 spiro atoms. The number of hydrogen-bond donors (Lipinski definition) is 18. The minimum absolute atomic E-state index is 0.0203. The number of guanidine groups is 1. The van der Waals surface area contributed by atoms with Crippen molar-refractivity contribution in [2.45, 2.75) is 88.1 Å². The lowest BCUT2D eigenvalue weighted by Gasteiger charge is -2.24. The highest BCUT2D eigenvalue weighted by Gasteiger charge is 2.34. The number of aromatic amines is 2. The molecule has 2 aliphatic rings. The van der Waals surface area contributed by atoms with Crippen LogP contribution in [0.5, 0.6) is 5.75 Å². The van der Waals surface area contributed by atoms with Gasteiger partial charge in [-0.3, -0.25) is 53.5 Å². The average Bonchev–Trinajstić information content (AvgIpc) is 1.57. The zero-order valence-electron chi connectivity index (χ0n) is 52.9. The fourth-order valence-corrected chi connectivity index (χ4v) is 13.4. The number of carboxylic acid groups (broad SMARTS) is 3. The Kier molecular flexibility index (Phi) is 22.6. The molecule has 0 saturated heterocycles. The summed E-state index contributed by atoms with van der Waals surface area (Å²) in [4.78, 5) is 163. The van der Waals surface area contributed by atoms with Crippen LogP contribution < -0.4 is 69.8 Å². The second-order valence-electron chi connectivity index (χ2n) is 23.3. The molecule has 5 atom stereocenters. The molecule has 33 nitrogen and oxygen atoms in total. The van der Waals surface area contributed by atoms with Gasteiger partial charge >= 0.3 is 17.9 Å². The molecule has 0 aliphatic carbocycles. The van der Waals surface area contributed by atoms with Crippen molar-refractivity contribution in [2.24, 2.45) is 5.73 Å². The van der Waals surface area contributed by atoms with Gasteiger partial charge in [-0.25, -0.2) is 19.6 Å². The molecule has 100 heavy (non-hydrogen) atoms. The average molecular weight is 1410 g/mol. The Morgan fingerprint density at radius 1 is 0.740 bits per heavy atom. The van der Waals surface area contributed by atoms with Crippen molar-refractivity contribution in [1.29, 1.82) is 5.41 Å². The number of aromatic nitrogens is 5. The molecule has 5 unspecified atom stereocenters. The quantitative estimate of drug-likeness (QED) is 0.0128. The predicted molar refractivity (Wildman–Crippen MR) is 373 cm³/mol. The van der Waals surface area contributed by atoms with E-state index in [9.17, 15) is 73.2 Å². The van der Waals surface area contributed by atoms with Crippen molar-refractivity contribution in [3.8, 4) is 5.75 Å². The first kappa shape index (κ1) is 70.8. The number of aliphatic carboxylic acids is 3. The Labute approximate surface area is 574 Å². The first-order valence-electron chi connectivity index (χ1n) is 31.2. The normalized spacial score (nSPS) is 14.1. The van der Waals surface area contributed by atoms with Crippen LogP contribution in [-0.2, 0) is 57.7 Å². The number of carboxylic acids is 3. The summed E-state index contributed by atoms with van der Waals surface area (Å²) in [6, 6.07) is 19.9. The van der Waals surface area contributed by atoms with Crippen LogP contribution in [0.25, 0.3) is 32.8 Å². The Bertz CT molecular complexity index is 4610. The molecule has 10 rings (SSSR count). The Morgan fingerprint density at radius 2 is 1.46 bits per heavy atom. The van der Waals surface area contributed by atoms with Gasteiger partial charge in [0.25, 0.3) is 17.4 Å². The number of phenols is 1. The summed E-state index contributed by atoms with van der Waals surface area (Å²) in [6.07, 6.45) is 0.148. The van der Waals surface area contributed by atoms with E-state index in [0.717, 1.165) is 43.5 Å². The van der Waals surface area contributed by atoms with E-state index >= 15 is 0 Å². The third-order valence-corrected chi connectivity index (χ3v) is 18.6. The summed E-state index contributed by atoms with van der Waals surface area (Å²) in [5.41, 5.74) is 16.5. The molecule has 8 aromatic rings. The maximum Gasteiger partial charge on any atom is 0.327 e. The minimum Gasteiger partial charge on any atom is -0.507 e. The number of fused-ring (bicyclic) bond motifs is 6. The van der Waals surface area contributed by atoms with Crippen molar-refractivity contribution in [1.82, 2.24) is 51.5 Å². The van der Waals surface area contributed by atoms with Crippen molar-refractivity contribution in [3.05, 3.63) is 142 Å². The second kappa shape index (κ2) is 31.9. The molecule has 0 fully saturated rings. The lowest BCUT2D eigenvalue weighted by molar-refractivity contribution is -0.143. The number of amides is 7. The van der Waals surface area contributed by atoms with Crippen LogP contribution in [0.1, 0.15) is 76.2 Å². The molecular formula is C65H68N18O15S2. The number of H-pyrrole nitrogens is 2. The topological polar surface area (TPSA) is 526 Å². The van der Waals surface area contributed by atoms with Gasteiger partial charge in [0.05, 0.1) is 30.5 Å². The first-order chi connectivity index (χ1) is 47.9. The largest absolute Gasteiger partial charge is 0.507 e. The fourth-order valence-electron chi connectivity index (χ4n) is 11.2. The van der Waals surface area contributed by atoms with Gasteiger partial charge in [0.15, 0.2) is 17.1 Å². The number of nitrogens with two attached hydrogens (primary N) is 2. The molecule has 0 radical (unpaired) electrons. The highest BCUT2D eigenvalue weighted by atomic mass is 33.1. The highest BCUT2D eigenvalue weighted by molar-refractivity contribution is 8.76. The van der Waals surface area contributed by atoms with Gasteiger partial charge in [-0.1, -0.05) is 45.9 Å². The summed E-state index contributed by atoms with van der Waals surface area (Å²) in [5.74, 6) is -9.97. The zero-order valence-corrected chi connectivity index (χ0v) is 54.6. The van der Waals surface area contributed by atoms with Crippen LogP contribution in [0.15, 0.2) is 108 Å². The van der Waals surface area contributed by atoms with Gasteiger partial charge in [0.1, 0.15) is 41.7 Å². The van der Waals surface area contributed by atoms with E-state index in [1.54, 1.807) is 53.4 Å². The number of anilines is 6. The molecule has 520 valence electrons. The van der Waals surface area contributed by atoms with Crippen molar-refractivity contribution < 1.29 is 68.4 Å². The monoisotopic (exact) mass is 1400 g/mol. The molecule has 0 saturated carbocycles. The fraction of sp³-hybridized carbons (Fsp3) is 0.277. The Balaban J connectivity index is 0.652. The Hall–Kier alpha value is -12.0. The summed E-state index contributed by atoms with van der Waals surface area (Å²) < 4.78 is 0. The standard InChI is InChI=1S/C65H68N18O15S2/c66-64(67)69-19-3-6-43(77-51(85)16-15-44(62(95)96)78-56(89)31-7-9-34(10-8-31)70-28-37-29-71-55-54(73-37)60(93)82-65(68)81-55)57(90)79-46(26-53(87)88)59(92)80-48(63(97)98)30-100-99-21-18-52(86)72-35-11-13-41-32(22-35)24-45(75-41)58(91)74-36-12-14-42-33(23-36)25-47(76-42)61(94)83-20-17-39-38-4-1-2-5-40(38)50(84)27-49(39)83/h1-2,4-5,7-14,22-23,25,27,29,43-46,48,70,75-76,84H,3,6,15-21,24,26,28,30H2,(H,72,86)(H,74,91)(H,77,85)(H,78,89)(H,79,90)(H,80,92)(H,87,88)(H,95,96)(H,97,98)(H4,66,67,69)(H3,68,71,81,82,93). The van der Waals surface area contributed by atoms with Crippen LogP contribution in [-0.4, -0.2) is 165 Å². The SMILES string of the molecule is N=C(N)NCCCC(NC(=O)CCC(NC(=O)c1ccc(NCc2cnc3nc(N)[nH]c(=O)c3n2)cc1)C(=O)O)C(=O)NC(CC(=O)O)C(=O)NC(CSSCCC(=O)Nc1ccc2c(c1)CC(C(=O)Nc1ccc3[nH]c(C(=O)N4CCc5c4cc(O)c4ccccc54)cc3c1)N2)C(=O)O. The number of phenolic OH excluding ortho intramolecular Hbond substituents is 1. The van der Waals surface area contributed by atoms with Crippen LogP contribution in [0.3, 0.4) is 0 Å². The van der Waals surface area contributed by atoms with Gasteiger partial charge < -0.3 is 89.6 Å². The third-order valence-electron chi connectivity index (χ3n) is 16.2. The molecule has 35 heteroatoms. The molecule has 3 aromatic heterocycles. The zero-order chi connectivity index (χ0) is 71.3. The summed E-state index contributed by atoms with van der Waals surface area (Å²) in [5, 5.41) is 74.2. The lowest BCUT2D eigenvalue weighted by Crippen LogP contribution is -2.56. The summed E-state index contributed by atoms with van der Waals surface area (Å²) in [7, 11) is 2.11. The van der Waals surface area contributed by atoms with E-state index in [4.69, 9.17) is 16.9 Å². The third kappa shape index (κ3) is 18.0. The lowest BCUT2D eigenvalue weighted by atomic mass is 10.0. The van der Waals surface area contributed by atoms with Gasteiger partial charge in [-0.2, -0.15) is 4.98 Å². The second-order valence-corrected chi connectivity index (χ2v) is 25.9. The summed E-state index contributed by atoms with van der Waals surface area (Å²) in [6.45, 7) is 0.590. The number of hydrogen-bond acceptors (Lipinski definition) is 21. The number of aromatic hydroxyl groups is 1. The molecule has 5 aromatic carbocycles. The maximum atomic E-state index is 13.8. The smallest absolute Gasteiger partial charge is 0.327 e. The Morgan fingerprint density at radius 3 is 2.21 bits per heavy atom. The van der Waals surface area contributed by atoms with E-state index in [0.29, 0.717) is 70.1 Å². The van der Waals surface area contributed by atoms with E-state index in [2.05, 4.69) is 72.8 Å². The van der Waals surface area contributed by atoms with E-state index in [1.807, 2.05) is 24.3 Å². The van der Waals surface area contributed by atoms with Crippen LogP contribution in [0, 0.1) is 5.41 Å². The molecule has 7 amide bonds. The van der Waals surface area contributed by atoms with E-state index in [1.165, 1.54) is 30.5 Å². The molecule has 0 bridgehead atoms. The van der Waals surface area contributed by atoms with Gasteiger partial charge in [-0.15, -0.1) is 0 Å². The number of benzene rings is 5. The predicted octanol–water partition coefficient (Wildman–Crippen LogP) is 3.08. The van der Waals surface area contributed by atoms with E-state index in [-0.39, 0.29) is 90.0 Å². The van der Waals surface area contributed by atoms with Crippen LogP contribution >= 0.6 is 21.6 Å². The number of carbonyl (C=O) groups excluding carboxylic acids is 7. The highest BCUT2D eigenvalue weighted by Crippen LogP contribution is 2.40. The number of nitrogens with one attached hydrogen (secondary N) is 12. The number of nitrogen functional groups attached to an aromatic ring is 1. The molecule has 20 N–H and O–H groups in total. The number of rotatable bonds is 31. The summed E-state index contributed by atoms with van der Waals surface area (Å²) >= 11 is 0. The van der Waals surface area contributed by atoms with Crippen LogP contribution in [0.4, 0.5) is 34.4 Å². The van der Waals surface area contributed by atoms with Gasteiger partial charge in [0.2, 0.25) is 35.5 Å². The molecular weight excluding hydrogens is 1340 g/mol. The van der Waals surface area contributed by atoms with Crippen molar-refractivity contribution >= 4 is 154 Å². The van der Waals surface area contributed by atoms with Crippen molar-refractivity contribution in [2.75, 3.05) is 56.5 Å². The minimum atomic E-state index is -1.87. The van der Waals surface area contributed by atoms with E-state index < -0.39 is 103 Å². The van der Waals surface area contributed by atoms with Gasteiger partial charge in [0, 0.05) is 94.5 Å². The molecule has 2 aliphatic heterocycles. The molecule has 5 heterocycles. The van der Waals surface area contributed by atoms with Crippen LogP contribution in [0.2, 0.25) is 0 Å². The first-order valence-corrected chi connectivity index (χ1v) is 33.7.